The first-order valence-electron chi connectivity index (χ1n) is 9.29. The number of benzene rings is 1. The summed E-state index contributed by atoms with van der Waals surface area (Å²) in [5.74, 6) is 0.145. The van der Waals surface area contributed by atoms with Crippen LogP contribution < -0.4 is 0 Å². The third-order valence-corrected chi connectivity index (χ3v) is 5.36. The number of hydrogen-bond donors (Lipinski definition) is 0. The van der Waals surface area contributed by atoms with E-state index in [1.165, 1.54) is 0 Å². The Hall–Kier alpha value is -2.07. The molecule has 0 aliphatic carbocycles. The Kier molecular flexibility index (Phi) is 5.28. The topological polar surface area (TPSA) is 28.5 Å². The van der Waals surface area contributed by atoms with Gasteiger partial charge in [-0.05, 0) is 38.0 Å². The van der Waals surface area contributed by atoms with E-state index in [0.717, 1.165) is 43.0 Å². The Labute approximate surface area is 151 Å². The fourth-order valence-corrected chi connectivity index (χ4v) is 3.88. The highest BCUT2D eigenvalue weighted by molar-refractivity contribution is 5.94. The van der Waals surface area contributed by atoms with Crippen LogP contribution in [0.2, 0.25) is 0 Å². The SMILES string of the molecule is CC[C@H]1CN(C(=O)c2ccc(-c3ccccc3)n2C)CCN1C(C)C. The molecule has 1 atom stereocenters. The molecule has 1 aliphatic heterocycles. The van der Waals surface area contributed by atoms with Gasteiger partial charge in [0.2, 0.25) is 0 Å². The molecular weight excluding hydrogens is 310 g/mol. The Morgan fingerprint density at radius 3 is 2.48 bits per heavy atom. The molecule has 25 heavy (non-hydrogen) atoms. The molecule has 0 unspecified atom stereocenters. The van der Waals surface area contributed by atoms with Gasteiger partial charge in [-0.2, -0.15) is 0 Å². The van der Waals surface area contributed by atoms with Crippen molar-refractivity contribution in [2.24, 2.45) is 7.05 Å². The van der Waals surface area contributed by atoms with Gasteiger partial charge >= 0.3 is 0 Å². The molecule has 0 radical (unpaired) electrons. The van der Waals surface area contributed by atoms with Crippen LogP contribution >= 0.6 is 0 Å². The van der Waals surface area contributed by atoms with E-state index in [4.69, 9.17) is 0 Å². The molecule has 1 amide bonds. The molecule has 1 aromatic carbocycles. The standard InChI is InChI=1S/C21H29N3O/c1-5-18-15-23(13-14-24(18)16(2)3)21(25)20-12-11-19(22(20)4)17-9-7-6-8-10-17/h6-12,16,18H,5,13-15H2,1-4H3/t18-/m0/s1. The lowest BCUT2D eigenvalue weighted by molar-refractivity contribution is 0.0365. The molecule has 4 heteroatoms. The van der Waals surface area contributed by atoms with Gasteiger partial charge in [-0.15, -0.1) is 0 Å². The van der Waals surface area contributed by atoms with Gasteiger partial charge in [0, 0.05) is 44.5 Å². The Morgan fingerprint density at radius 2 is 1.84 bits per heavy atom. The minimum atomic E-state index is 0.145. The number of carbonyl (C=O) groups excluding carboxylic acids is 1. The number of piperazine rings is 1. The van der Waals surface area contributed by atoms with Crippen LogP contribution in [0.15, 0.2) is 42.5 Å². The summed E-state index contributed by atoms with van der Waals surface area (Å²) in [5, 5.41) is 0. The van der Waals surface area contributed by atoms with Gasteiger partial charge in [-0.1, -0.05) is 37.3 Å². The fourth-order valence-electron chi connectivity index (χ4n) is 3.88. The molecule has 3 rings (SSSR count). The number of aromatic nitrogens is 1. The summed E-state index contributed by atoms with van der Waals surface area (Å²) in [6, 6.07) is 15.2. The first kappa shape index (κ1) is 17.7. The molecule has 2 aromatic rings. The third-order valence-electron chi connectivity index (χ3n) is 5.36. The van der Waals surface area contributed by atoms with Crippen molar-refractivity contribution in [3.8, 4) is 11.3 Å². The number of carbonyl (C=O) groups is 1. The average molecular weight is 339 g/mol. The summed E-state index contributed by atoms with van der Waals surface area (Å²) in [6.07, 6.45) is 1.07. The molecule has 2 heterocycles. The number of amides is 1. The van der Waals surface area contributed by atoms with Crippen LogP contribution in [0.3, 0.4) is 0 Å². The molecule has 0 saturated carbocycles. The second-order valence-corrected chi connectivity index (χ2v) is 7.17. The van der Waals surface area contributed by atoms with Gasteiger partial charge in [0.05, 0.1) is 0 Å². The first-order chi connectivity index (χ1) is 12.0. The molecular formula is C21H29N3O. The van der Waals surface area contributed by atoms with Crippen molar-refractivity contribution in [3.63, 3.8) is 0 Å². The van der Waals surface area contributed by atoms with E-state index < -0.39 is 0 Å². The molecule has 1 aromatic heterocycles. The maximum Gasteiger partial charge on any atom is 0.270 e. The second-order valence-electron chi connectivity index (χ2n) is 7.17. The lowest BCUT2D eigenvalue weighted by atomic mass is 10.1. The predicted octanol–water partition coefficient (Wildman–Crippen LogP) is 3.64. The lowest BCUT2D eigenvalue weighted by Crippen LogP contribution is -2.56. The third kappa shape index (κ3) is 3.49. The molecule has 0 spiro atoms. The van der Waals surface area contributed by atoms with E-state index in [1.54, 1.807) is 0 Å². The van der Waals surface area contributed by atoms with Crippen LogP contribution in [-0.4, -0.2) is 52.0 Å². The van der Waals surface area contributed by atoms with Crippen molar-refractivity contribution in [1.82, 2.24) is 14.4 Å². The lowest BCUT2D eigenvalue weighted by Gasteiger charge is -2.43. The van der Waals surface area contributed by atoms with Gasteiger partial charge in [0.1, 0.15) is 5.69 Å². The second kappa shape index (κ2) is 7.44. The van der Waals surface area contributed by atoms with Crippen molar-refractivity contribution in [2.75, 3.05) is 19.6 Å². The van der Waals surface area contributed by atoms with E-state index in [9.17, 15) is 4.79 Å². The van der Waals surface area contributed by atoms with E-state index >= 15 is 0 Å². The zero-order chi connectivity index (χ0) is 18.0. The largest absolute Gasteiger partial charge is 0.340 e. The van der Waals surface area contributed by atoms with E-state index in [-0.39, 0.29) is 5.91 Å². The zero-order valence-corrected chi connectivity index (χ0v) is 15.8. The van der Waals surface area contributed by atoms with Gasteiger partial charge in [-0.3, -0.25) is 9.69 Å². The highest BCUT2D eigenvalue weighted by atomic mass is 16.2. The normalized spacial score (nSPS) is 18.8. The highest BCUT2D eigenvalue weighted by Crippen LogP contribution is 2.23. The fraction of sp³-hybridized carbons (Fsp3) is 0.476. The number of nitrogens with zero attached hydrogens (tertiary/aromatic N) is 3. The van der Waals surface area contributed by atoms with Gasteiger partial charge in [0.25, 0.3) is 5.91 Å². The van der Waals surface area contributed by atoms with Crippen molar-refractivity contribution >= 4 is 5.91 Å². The molecule has 1 fully saturated rings. The highest BCUT2D eigenvalue weighted by Gasteiger charge is 2.31. The van der Waals surface area contributed by atoms with Crippen LogP contribution in [0.25, 0.3) is 11.3 Å². The summed E-state index contributed by atoms with van der Waals surface area (Å²) >= 11 is 0. The molecule has 0 N–H and O–H groups in total. The number of rotatable bonds is 4. The van der Waals surface area contributed by atoms with Crippen molar-refractivity contribution in [2.45, 2.75) is 39.3 Å². The zero-order valence-electron chi connectivity index (χ0n) is 15.8. The maximum absolute atomic E-state index is 13.1. The van der Waals surface area contributed by atoms with E-state index in [2.05, 4.69) is 37.8 Å². The summed E-state index contributed by atoms with van der Waals surface area (Å²) in [6.45, 7) is 9.27. The van der Waals surface area contributed by atoms with Crippen molar-refractivity contribution < 1.29 is 4.79 Å². The maximum atomic E-state index is 13.1. The Bertz CT molecular complexity index is 720. The first-order valence-corrected chi connectivity index (χ1v) is 9.29. The van der Waals surface area contributed by atoms with Crippen LogP contribution in [0.4, 0.5) is 0 Å². The molecule has 0 bridgehead atoms. The van der Waals surface area contributed by atoms with Gasteiger partial charge < -0.3 is 9.47 Å². The van der Waals surface area contributed by atoms with Gasteiger partial charge in [-0.25, -0.2) is 0 Å². The molecule has 1 aliphatic rings. The van der Waals surface area contributed by atoms with Crippen LogP contribution in [0.1, 0.15) is 37.7 Å². The van der Waals surface area contributed by atoms with Crippen LogP contribution in [-0.2, 0) is 7.05 Å². The van der Waals surface area contributed by atoms with E-state index in [0.29, 0.717) is 12.1 Å². The minimum absolute atomic E-state index is 0.145. The van der Waals surface area contributed by atoms with Crippen molar-refractivity contribution in [3.05, 3.63) is 48.2 Å². The molecule has 1 saturated heterocycles. The average Bonchev–Trinajstić information content (AvgIpc) is 3.02. The monoisotopic (exact) mass is 339 g/mol. The molecule has 4 nitrogen and oxygen atoms in total. The summed E-state index contributed by atoms with van der Waals surface area (Å²) in [5.41, 5.74) is 2.99. The summed E-state index contributed by atoms with van der Waals surface area (Å²) < 4.78 is 2.02. The smallest absolute Gasteiger partial charge is 0.270 e. The summed E-state index contributed by atoms with van der Waals surface area (Å²) in [7, 11) is 1.98. The van der Waals surface area contributed by atoms with E-state index in [1.807, 2.05) is 46.8 Å². The summed E-state index contributed by atoms with van der Waals surface area (Å²) in [4.78, 5) is 17.6. The minimum Gasteiger partial charge on any atom is -0.340 e. The Morgan fingerprint density at radius 1 is 1.12 bits per heavy atom. The quantitative estimate of drug-likeness (QED) is 0.851. The van der Waals surface area contributed by atoms with Crippen LogP contribution in [0, 0.1) is 0 Å². The molecule has 134 valence electrons. The number of hydrogen-bond acceptors (Lipinski definition) is 2. The predicted molar refractivity (Wildman–Crippen MR) is 103 cm³/mol. The van der Waals surface area contributed by atoms with Crippen molar-refractivity contribution in [1.29, 1.82) is 0 Å². The Balaban J connectivity index is 1.79. The van der Waals surface area contributed by atoms with Crippen LogP contribution in [0.5, 0.6) is 0 Å². The van der Waals surface area contributed by atoms with Gasteiger partial charge in [0.15, 0.2) is 0 Å².